The Labute approximate surface area is 159 Å². The van der Waals surface area contributed by atoms with Crippen molar-refractivity contribution in [2.45, 2.75) is 97.2 Å². The van der Waals surface area contributed by atoms with Crippen molar-refractivity contribution in [2.75, 3.05) is 13.2 Å². The SMILES string of the molecule is C/C(=C\CCOC1OCC(O)C(O)C1O)CCCC(C)CCCC(C)C. The molecule has 26 heavy (non-hydrogen) atoms. The zero-order valence-corrected chi connectivity index (χ0v) is 17.1. The Morgan fingerprint density at radius 3 is 2.46 bits per heavy atom. The summed E-state index contributed by atoms with van der Waals surface area (Å²) in [5, 5.41) is 28.8. The van der Waals surface area contributed by atoms with Crippen LogP contribution in [0, 0.1) is 11.8 Å². The first-order chi connectivity index (χ1) is 12.3. The minimum atomic E-state index is -1.21. The Bertz CT molecular complexity index is 396. The number of aliphatic hydroxyl groups excluding tert-OH is 3. The second-order valence-corrected chi connectivity index (χ2v) is 8.28. The summed E-state index contributed by atoms with van der Waals surface area (Å²) < 4.78 is 10.7. The number of hydrogen-bond donors (Lipinski definition) is 3. The molecule has 5 nitrogen and oxygen atoms in total. The van der Waals surface area contributed by atoms with Crippen molar-refractivity contribution >= 4 is 0 Å². The highest BCUT2D eigenvalue weighted by Gasteiger charge is 2.37. The maximum Gasteiger partial charge on any atom is 0.186 e. The normalized spacial score (nSPS) is 28.5. The van der Waals surface area contributed by atoms with E-state index >= 15 is 0 Å². The first-order valence-corrected chi connectivity index (χ1v) is 10.2. The standard InChI is InChI=1S/C21H40O5/c1-15(2)8-5-9-16(3)10-6-11-17(4)12-7-13-25-21-20(24)19(23)18(22)14-26-21/h12,15-16,18-24H,5-11,13-14H2,1-4H3/b17-12+. The molecule has 5 atom stereocenters. The van der Waals surface area contributed by atoms with Crippen LogP contribution in [-0.2, 0) is 9.47 Å². The summed E-state index contributed by atoms with van der Waals surface area (Å²) in [5.74, 6) is 1.61. The Balaban J connectivity index is 2.10. The van der Waals surface area contributed by atoms with Crippen LogP contribution in [0.15, 0.2) is 11.6 Å². The predicted molar refractivity (Wildman–Crippen MR) is 104 cm³/mol. The third kappa shape index (κ3) is 9.47. The molecule has 0 bridgehead atoms. The molecule has 0 aromatic rings. The zero-order valence-electron chi connectivity index (χ0n) is 17.1. The van der Waals surface area contributed by atoms with Gasteiger partial charge in [-0.1, -0.05) is 58.1 Å². The summed E-state index contributed by atoms with van der Waals surface area (Å²) in [4.78, 5) is 0. The summed E-state index contributed by atoms with van der Waals surface area (Å²) in [6.45, 7) is 9.48. The van der Waals surface area contributed by atoms with E-state index in [1.165, 1.54) is 37.7 Å². The molecular weight excluding hydrogens is 332 g/mol. The van der Waals surface area contributed by atoms with Crippen LogP contribution in [0.3, 0.4) is 0 Å². The predicted octanol–water partition coefficient (Wildman–Crippen LogP) is 3.41. The molecule has 0 aromatic carbocycles. The lowest BCUT2D eigenvalue weighted by Crippen LogP contribution is -2.53. The second kappa shape index (κ2) is 12.8. The molecule has 1 aliphatic rings. The van der Waals surface area contributed by atoms with Crippen molar-refractivity contribution in [3.8, 4) is 0 Å². The first-order valence-electron chi connectivity index (χ1n) is 10.2. The summed E-state index contributed by atoms with van der Waals surface area (Å²) in [6.07, 6.45) is 6.20. The number of hydrogen-bond acceptors (Lipinski definition) is 5. The van der Waals surface area contributed by atoms with E-state index in [0.29, 0.717) is 6.61 Å². The largest absolute Gasteiger partial charge is 0.388 e. The van der Waals surface area contributed by atoms with E-state index < -0.39 is 24.6 Å². The van der Waals surface area contributed by atoms with Gasteiger partial charge in [-0.05, 0) is 38.0 Å². The van der Waals surface area contributed by atoms with Gasteiger partial charge in [0.2, 0.25) is 0 Å². The Morgan fingerprint density at radius 2 is 1.77 bits per heavy atom. The van der Waals surface area contributed by atoms with Crippen molar-refractivity contribution in [3.63, 3.8) is 0 Å². The van der Waals surface area contributed by atoms with Crippen LogP contribution in [0.4, 0.5) is 0 Å². The van der Waals surface area contributed by atoms with Crippen molar-refractivity contribution in [1.82, 2.24) is 0 Å². The maximum absolute atomic E-state index is 9.80. The number of ether oxygens (including phenoxy) is 2. The highest BCUT2D eigenvalue weighted by Crippen LogP contribution is 2.20. The number of aliphatic hydroxyl groups is 3. The molecule has 0 spiro atoms. The van der Waals surface area contributed by atoms with Gasteiger partial charge in [0, 0.05) is 0 Å². The summed E-state index contributed by atoms with van der Waals surface area (Å²) in [7, 11) is 0. The van der Waals surface area contributed by atoms with Gasteiger partial charge >= 0.3 is 0 Å². The molecule has 1 fully saturated rings. The van der Waals surface area contributed by atoms with Crippen molar-refractivity contribution < 1.29 is 24.8 Å². The lowest BCUT2D eigenvalue weighted by Gasteiger charge is -2.34. The van der Waals surface area contributed by atoms with Crippen LogP contribution in [-0.4, -0.2) is 53.1 Å². The quantitative estimate of drug-likeness (QED) is 0.361. The molecule has 1 rings (SSSR count). The molecule has 0 saturated carbocycles. The monoisotopic (exact) mass is 372 g/mol. The number of allylic oxidation sites excluding steroid dienone is 1. The Kier molecular flexibility index (Phi) is 11.6. The molecule has 0 aliphatic carbocycles. The molecule has 1 saturated heterocycles. The highest BCUT2D eigenvalue weighted by atomic mass is 16.7. The molecule has 154 valence electrons. The zero-order chi connectivity index (χ0) is 19.5. The van der Waals surface area contributed by atoms with E-state index in [4.69, 9.17) is 9.47 Å². The van der Waals surface area contributed by atoms with E-state index in [1.54, 1.807) is 0 Å². The molecule has 1 aliphatic heterocycles. The van der Waals surface area contributed by atoms with E-state index in [-0.39, 0.29) is 6.61 Å². The van der Waals surface area contributed by atoms with Crippen LogP contribution in [0.5, 0.6) is 0 Å². The molecular formula is C21H40O5. The van der Waals surface area contributed by atoms with Crippen LogP contribution in [0.2, 0.25) is 0 Å². The van der Waals surface area contributed by atoms with Crippen LogP contribution in [0.25, 0.3) is 0 Å². The van der Waals surface area contributed by atoms with Gasteiger partial charge in [0.25, 0.3) is 0 Å². The van der Waals surface area contributed by atoms with E-state index in [1.807, 2.05) is 0 Å². The average molecular weight is 373 g/mol. The molecule has 5 unspecified atom stereocenters. The minimum absolute atomic E-state index is 0.0207. The molecule has 3 N–H and O–H groups in total. The smallest absolute Gasteiger partial charge is 0.186 e. The van der Waals surface area contributed by atoms with Crippen molar-refractivity contribution in [3.05, 3.63) is 11.6 Å². The third-order valence-corrected chi connectivity index (χ3v) is 5.09. The van der Waals surface area contributed by atoms with Gasteiger partial charge in [-0.25, -0.2) is 0 Å². The van der Waals surface area contributed by atoms with Gasteiger partial charge in [0.15, 0.2) is 6.29 Å². The average Bonchev–Trinajstić information content (AvgIpc) is 2.58. The molecule has 1 heterocycles. The van der Waals surface area contributed by atoms with Crippen LogP contribution < -0.4 is 0 Å². The summed E-state index contributed by atoms with van der Waals surface area (Å²) >= 11 is 0. The van der Waals surface area contributed by atoms with Gasteiger partial charge in [-0.2, -0.15) is 0 Å². The van der Waals surface area contributed by atoms with Crippen molar-refractivity contribution in [2.24, 2.45) is 11.8 Å². The topological polar surface area (TPSA) is 79.2 Å². The van der Waals surface area contributed by atoms with Gasteiger partial charge in [-0.15, -0.1) is 0 Å². The fraction of sp³-hybridized carbons (Fsp3) is 0.905. The van der Waals surface area contributed by atoms with Gasteiger partial charge in [-0.3, -0.25) is 0 Å². The van der Waals surface area contributed by atoms with Crippen molar-refractivity contribution in [1.29, 1.82) is 0 Å². The fourth-order valence-corrected chi connectivity index (χ4v) is 3.27. The van der Waals surface area contributed by atoms with E-state index in [9.17, 15) is 15.3 Å². The van der Waals surface area contributed by atoms with Gasteiger partial charge in [0.05, 0.1) is 13.2 Å². The lowest BCUT2D eigenvalue weighted by molar-refractivity contribution is -0.269. The maximum atomic E-state index is 9.80. The van der Waals surface area contributed by atoms with Gasteiger partial charge < -0.3 is 24.8 Å². The fourth-order valence-electron chi connectivity index (χ4n) is 3.27. The molecule has 0 radical (unpaired) electrons. The molecule has 0 amide bonds. The highest BCUT2D eigenvalue weighted by molar-refractivity contribution is 4.97. The Morgan fingerprint density at radius 1 is 1.08 bits per heavy atom. The summed E-state index contributed by atoms with van der Waals surface area (Å²) in [6, 6.07) is 0. The lowest BCUT2D eigenvalue weighted by atomic mass is 9.94. The van der Waals surface area contributed by atoms with Gasteiger partial charge in [0.1, 0.15) is 18.3 Å². The van der Waals surface area contributed by atoms with E-state index in [0.717, 1.165) is 24.7 Å². The van der Waals surface area contributed by atoms with E-state index in [2.05, 4.69) is 33.8 Å². The minimum Gasteiger partial charge on any atom is -0.388 e. The summed E-state index contributed by atoms with van der Waals surface area (Å²) in [5.41, 5.74) is 1.36. The third-order valence-electron chi connectivity index (χ3n) is 5.09. The second-order valence-electron chi connectivity index (χ2n) is 8.28. The van der Waals surface area contributed by atoms with Crippen LogP contribution in [0.1, 0.15) is 72.6 Å². The Hall–Kier alpha value is -0.460. The first kappa shape index (κ1) is 23.6. The number of rotatable bonds is 12. The van der Waals surface area contributed by atoms with Crippen LogP contribution >= 0.6 is 0 Å². The molecule has 5 heteroatoms. The molecule has 0 aromatic heterocycles.